The third-order valence-electron chi connectivity index (χ3n) is 5.73. The number of pyridine rings is 1. The summed E-state index contributed by atoms with van der Waals surface area (Å²) in [5.41, 5.74) is 4.18. The van der Waals surface area contributed by atoms with Crippen molar-refractivity contribution in [3.8, 4) is 17.2 Å². The Morgan fingerprint density at radius 1 is 1.23 bits per heavy atom. The summed E-state index contributed by atoms with van der Waals surface area (Å²) in [6.07, 6.45) is 7.59. The van der Waals surface area contributed by atoms with Crippen LogP contribution in [0.25, 0.3) is 16.6 Å². The molecule has 0 amide bonds. The largest absolute Gasteiger partial charge is 0.315 e. The molecule has 0 spiro atoms. The van der Waals surface area contributed by atoms with Crippen LogP contribution in [0.1, 0.15) is 30.1 Å². The molecule has 1 atom stereocenters. The number of rotatable bonds is 4. The van der Waals surface area contributed by atoms with Crippen molar-refractivity contribution in [2.24, 2.45) is 0 Å². The van der Waals surface area contributed by atoms with Gasteiger partial charge < -0.3 is 5.32 Å². The Hall–Kier alpha value is -3.15. The Bertz CT molecular complexity index is 1300. The molecule has 5 rings (SSSR count). The first-order valence-electron chi connectivity index (χ1n) is 10.2. The number of nitrogens with one attached hydrogen (secondary N) is 1. The molecule has 31 heavy (non-hydrogen) atoms. The molecule has 0 bridgehead atoms. The number of nitrogens with zero attached hydrogens (tertiary/aromatic N) is 5. The number of fused-ring (bicyclic) bond motifs is 1. The van der Waals surface area contributed by atoms with Crippen LogP contribution < -0.4 is 5.32 Å². The summed E-state index contributed by atoms with van der Waals surface area (Å²) in [4.78, 5) is 1.29. The van der Waals surface area contributed by atoms with E-state index in [1.165, 1.54) is 17.8 Å². The second-order valence-electron chi connectivity index (χ2n) is 7.68. The molecule has 4 aromatic rings. The molecule has 1 aliphatic rings. The zero-order chi connectivity index (χ0) is 21.4. The molecule has 1 aromatic carbocycles. The van der Waals surface area contributed by atoms with Crippen molar-refractivity contribution in [2.75, 3.05) is 13.1 Å². The van der Waals surface area contributed by atoms with E-state index in [0.717, 1.165) is 47.6 Å². The molecule has 1 aliphatic heterocycles. The lowest BCUT2D eigenvalue weighted by molar-refractivity contribution is 0.342. The van der Waals surface area contributed by atoms with E-state index in [-0.39, 0.29) is 5.82 Å². The zero-order valence-corrected chi connectivity index (χ0v) is 17.9. The highest BCUT2D eigenvalue weighted by Crippen LogP contribution is 2.37. The highest BCUT2D eigenvalue weighted by molar-refractivity contribution is 7.99. The van der Waals surface area contributed by atoms with Crippen molar-refractivity contribution < 1.29 is 4.39 Å². The van der Waals surface area contributed by atoms with Crippen LogP contribution in [0.2, 0.25) is 0 Å². The fourth-order valence-corrected chi connectivity index (χ4v) is 5.19. The molecule has 1 fully saturated rings. The van der Waals surface area contributed by atoms with Crippen LogP contribution in [-0.4, -0.2) is 32.5 Å². The summed E-state index contributed by atoms with van der Waals surface area (Å²) < 4.78 is 18.2. The summed E-state index contributed by atoms with van der Waals surface area (Å²) >= 11 is 1.30. The molecular formula is C23H21FN6S. The van der Waals surface area contributed by atoms with Crippen LogP contribution in [0.15, 0.2) is 58.7 Å². The Kier molecular flexibility index (Phi) is 5.22. The first-order valence-corrected chi connectivity index (χ1v) is 11.1. The van der Waals surface area contributed by atoms with Crippen molar-refractivity contribution in [3.05, 3.63) is 66.0 Å². The van der Waals surface area contributed by atoms with E-state index in [1.54, 1.807) is 28.9 Å². The van der Waals surface area contributed by atoms with E-state index in [2.05, 4.69) is 33.2 Å². The number of halogens is 1. The van der Waals surface area contributed by atoms with E-state index in [4.69, 9.17) is 0 Å². The van der Waals surface area contributed by atoms with Gasteiger partial charge in [0.1, 0.15) is 11.9 Å². The Labute approximate surface area is 183 Å². The molecular weight excluding hydrogens is 411 g/mol. The summed E-state index contributed by atoms with van der Waals surface area (Å²) in [6.45, 7) is 4.05. The SMILES string of the molecule is Cc1c(-c2cc(Sc3ccccc3F)c3c(C#N)cnn3c2)cnn1[C@H]1CCCNC1. The highest BCUT2D eigenvalue weighted by Gasteiger charge is 2.21. The van der Waals surface area contributed by atoms with Crippen molar-refractivity contribution in [1.82, 2.24) is 24.7 Å². The fourth-order valence-electron chi connectivity index (χ4n) is 4.15. The van der Waals surface area contributed by atoms with Gasteiger partial charge in [-0.25, -0.2) is 8.91 Å². The van der Waals surface area contributed by atoms with Crippen LogP contribution in [-0.2, 0) is 0 Å². The molecule has 6 nitrogen and oxygen atoms in total. The molecule has 0 saturated carbocycles. The monoisotopic (exact) mass is 432 g/mol. The standard InChI is InChI=1S/C23H21FN6S/c1-15-19(13-28-30(15)18-5-4-8-26-12-18)16-9-22(31-21-7-3-2-6-20(21)24)23-17(10-25)11-27-29(23)14-16/h2-3,6-7,9,11,13-14,18,26H,4-5,8,12H2,1H3/t18-/m0/s1. The minimum absolute atomic E-state index is 0.289. The van der Waals surface area contributed by atoms with E-state index in [1.807, 2.05) is 18.5 Å². The quantitative estimate of drug-likeness (QED) is 0.511. The summed E-state index contributed by atoms with van der Waals surface area (Å²) in [7, 11) is 0. The number of piperidine rings is 1. The number of aromatic nitrogens is 4. The average molecular weight is 433 g/mol. The zero-order valence-electron chi connectivity index (χ0n) is 17.0. The molecule has 1 saturated heterocycles. The molecule has 4 heterocycles. The highest BCUT2D eigenvalue weighted by atomic mass is 32.2. The van der Waals surface area contributed by atoms with Gasteiger partial charge in [0.05, 0.1) is 29.5 Å². The van der Waals surface area contributed by atoms with Crippen LogP contribution in [0.4, 0.5) is 4.39 Å². The van der Waals surface area contributed by atoms with Crippen molar-refractivity contribution in [3.63, 3.8) is 0 Å². The molecule has 0 aliphatic carbocycles. The molecule has 156 valence electrons. The lowest BCUT2D eigenvalue weighted by Gasteiger charge is -2.24. The maximum Gasteiger partial charge on any atom is 0.137 e. The van der Waals surface area contributed by atoms with E-state index in [0.29, 0.717) is 22.0 Å². The lowest BCUT2D eigenvalue weighted by atomic mass is 10.1. The lowest BCUT2D eigenvalue weighted by Crippen LogP contribution is -2.32. The summed E-state index contributed by atoms with van der Waals surface area (Å²) in [5, 5.41) is 22.0. The summed E-state index contributed by atoms with van der Waals surface area (Å²) in [6, 6.07) is 11.2. The van der Waals surface area contributed by atoms with E-state index >= 15 is 0 Å². The number of hydrogen-bond donors (Lipinski definition) is 1. The normalized spacial score (nSPS) is 16.5. The summed E-state index contributed by atoms with van der Waals surface area (Å²) in [5.74, 6) is -0.289. The Balaban J connectivity index is 1.62. The van der Waals surface area contributed by atoms with Crippen molar-refractivity contribution in [2.45, 2.75) is 35.6 Å². The average Bonchev–Trinajstić information content (AvgIpc) is 3.39. The van der Waals surface area contributed by atoms with E-state index < -0.39 is 0 Å². The maximum atomic E-state index is 14.4. The molecule has 3 aromatic heterocycles. The van der Waals surface area contributed by atoms with Gasteiger partial charge in [-0.15, -0.1) is 0 Å². The minimum atomic E-state index is -0.289. The predicted octanol–water partition coefficient (Wildman–Crippen LogP) is 4.59. The second kappa shape index (κ2) is 8.17. The predicted molar refractivity (Wildman–Crippen MR) is 118 cm³/mol. The van der Waals surface area contributed by atoms with E-state index in [9.17, 15) is 9.65 Å². The Morgan fingerprint density at radius 2 is 2.10 bits per heavy atom. The number of nitriles is 1. The molecule has 1 N–H and O–H groups in total. The third-order valence-corrected chi connectivity index (χ3v) is 6.81. The first kappa shape index (κ1) is 19.8. The molecule has 0 unspecified atom stereocenters. The van der Waals surface area contributed by atoms with Gasteiger partial charge in [0, 0.05) is 39.4 Å². The maximum absolute atomic E-state index is 14.4. The van der Waals surface area contributed by atoms with Gasteiger partial charge in [-0.05, 0) is 44.5 Å². The number of hydrogen-bond acceptors (Lipinski definition) is 5. The molecule has 0 radical (unpaired) electrons. The topological polar surface area (TPSA) is 70.9 Å². The smallest absolute Gasteiger partial charge is 0.137 e. The second-order valence-corrected chi connectivity index (χ2v) is 8.76. The minimum Gasteiger partial charge on any atom is -0.315 e. The first-order chi connectivity index (χ1) is 15.2. The van der Waals surface area contributed by atoms with Crippen molar-refractivity contribution >= 4 is 17.3 Å². The van der Waals surface area contributed by atoms with Gasteiger partial charge in [0.2, 0.25) is 0 Å². The number of benzene rings is 1. The van der Waals surface area contributed by atoms with Crippen molar-refractivity contribution in [1.29, 1.82) is 5.26 Å². The molecule has 8 heteroatoms. The van der Waals surface area contributed by atoms with Crippen LogP contribution >= 0.6 is 11.8 Å². The van der Waals surface area contributed by atoms with Crippen LogP contribution in [0.3, 0.4) is 0 Å². The fraction of sp³-hybridized carbons (Fsp3) is 0.261. The van der Waals surface area contributed by atoms with Gasteiger partial charge in [0.15, 0.2) is 0 Å². The van der Waals surface area contributed by atoms with Crippen LogP contribution in [0.5, 0.6) is 0 Å². The Morgan fingerprint density at radius 3 is 2.87 bits per heavy atom. The van der Waals surface area contributed by atoms with Crippen LogP contribution in [0, 0.1) is 24.1 Å². The van der Waals surface area contributed by atoms with Gasteiger partial charge in [-0.3, -0.25) is 4.68 Å². The van der Waals surface area contributed by atoms with Gasteiger partial charge in [-0.1, -0.05) is 23.9 Å². The van der Waals surface area contributed by atoms with Gasteiger partial charge >= 0.3 is 0 Å². The van der Waals surface area contributed by atoms with Gasteiger partial charge in [-0.2, -0.15) is 15.5 Å². The van der Waals surface area contributed by atoms with Gasteiger partial charge in [0.25, 0.3) is 0 Å². The third kappa shape index (κ3) is 3.60.